The molecule has 1 atom stereocenters. The van der Waals surface area contributed by atoms with E-state index in [2.05, 4.69) is 10.00 Å². The molecule has 1 aromatic heterocycles. The van der Waals surface area contributed by atoms with Gasteiger partial charge in [-0.1, -0.05) is 0 Å². The van der Waals surface area contributed by atoms with E-state index in [-0.39, 0.29) is 16.8 Å². The van der Waals surface area contributed by atoms with Crippen LogP contribution in [-0.4, -0.2) is 60.6 Å². The fraction of sp³-hybridized carbons (Fsp3) is 0.727. The van der Waals surface area contributed by atoms with E-state index in [9.17, 15) is 8.42 Å². The van der Waals surface area contributed by atoms with Gasteiger partial charge in [0.05, 0.1) is 5.69 Å². The number of hydrogen-bond donors (Lipinski definition) is 1. The van der Waals surface area contributed by atoms with Crippen LogP contribution < -0.4 is 5.73 Å². The third-order valence-corrected chi connectivity index (χ3v) is 5.79. The molecule has 0 aromatic carbocycles. The lowest BCUT2D eigenvalue weighted by Crippen LogP contribution is -2.34. The molecular weight excluding hydrogens is 266 g/mol. The number of nitrogen functional groups attached to an aromatic ring is 1. The highest BCUT2D eigenvalue weighted by Gasteiger charge is 2.36. The van der Waals surface area contributed by atoms with E-state index < -0.39 is 10.0 Å². The first-order valence-electron chi connectivity index (χ1n) is 6.20. The van der Waals surface area contributed by atoms with Crippen molar-refractivity contribution in [2.45, 2.75) is 24.3 Å². The maximum absolute atomic E-state index is 12.6. The van der Waals surface area contributed by atoms with E-state index in [0.717, 1.165) is 6.42 Å². The van der Waals surface area contributed by atoms with Crippen molar-refractivity contribution < 1.29 is 8.42 Å². The number of rotatable bonds is 3. The molecule has 1 fully saturated rings. The molecule has 0 amide bonds. The van der Waals surface area contributed by atoms with E-state index in [1.165, 1.54) is 8.99 Å². The molecule has 8 heteroatoms. The lowest BCUT2D eigenvalue weighted by molar-refractivity contribution is 0.302. The van der Waals surface area contributed by atoms with Crippen LogP contribution in [0.25, 0.3) is 0 Å². The van der Waals surface area contributed by atoms with Crippen molar-refractivity contribution >= 4 is 15.8 Å². The molecule has 0 bridgehead atoms. The Morgan fingerprint density at radius 2 is 2.05 bits per heavy atom. The van der Waals surface area contributed by atoms with Crippen molar-refractivity contribution in [3.8, 4) is 0 Å². The average Bonchev–Trinajstić information content (AvgIpc) is 2.85. The molecule has 0 saturated carbocycles. The number of likely N-dealkylation sites (N-methyl/N-ethyl adjacent to an activating group) is 1. The molecule has 108 valence electrons. The van der Waals surface area contributed by atoms with E-state index >= 15 is 0 Å². The first kappa shape index (κ1) is 14.3. The van der Waals surface area contributed by atoms with Gasteiger partial charge in [-0.05, 0) is 27.4 Å². The van der Waals surface area contributed by atoms with Gasteiger partial charge < -0.3 is 10.6 Å². The number of sulfonamides is 1. The zero-order chi connectivity index (χ0) is 14.4. The van der Waals surface area contributed by atoms with Gasteiger partial charge in [-0.15, -0.1) is 0 Å². The Morgan fingerprint density at radius 1 is 1.42 bits per heavy atom. The lowest BCUT2D eigenvalue weighted by atomic mass is 10.2. The molecule has 19 heavy (non-hydrogen) atoms. The Balaban J connectivity index is 2.34. The standard InChI is InChI=1S/C11H21N5O2S/c1-8-10(11(12)13-15(8)4)19(17,18)16-6-5-9(7-16)14(2)3/h9H,5-7H2,1-4H3,(H2,12,13). The van der Waals surface area contributed by atoms with Crippen molar-refractivity contribution in [3.63, 3.8) is 0 Å². The van der Waals surface area contributed by atoms with E-state index in [4.69, 9.17) is 5.73 Å². The van der Waals surface area contributed by atoms with Crippen molar-refractivity contribution in [3.05, 3.63) is 5.69 Å². The fourth-order valence-electron chi connectivity index (χ4n) is 2.41. The Hall–Kier alpha value is -1.12. The second-order valence-corrected chi connectivity index (χ2v) is 7.07. The summed E-state index contributed by atoms with van der Waals surface area (Å²) in [5, 5.41) is 3.98. The van der Waals surface area contributed by atoms with Gasteiger partial charge in [-0.2, -0.15) is 9.40 Å². The lowest BCUT2D eigenvalue weighted by Gasteiger charge is -2.20. The van der Waals surface area contributed by atoms with E-state index in [1.807, 2.05) is 14.1 Å². The zero-order valence-electron chi connectivity index (χ0n) is 11.8. The summed E-state index contributed by atoms with van der Waals surface area (Å²) < 4.78 is 28.3. The summed E-state index contributed by atoms with van der Waals surface area (Å²) >= 11 is 0. The average molecular weight is 287 g/mol. The van der Waals surface area contributed by atoms with Crippen LogP contribution in [0.5, 0.6) is 0 Å². The van der Waals surface area contributed by atoms with Crippen LogP contribution in [0.4, 0.5) is 5.82 Å². The van der Waals surface area contributed by atoms with Crippen molar-refractivity contribution in [2.24, 2.45) is 7.05 Å². The van der Waals surface area contributed by atoms with Crippen LogP contribution >= 0.6 is 0 Å². The molecule has 1 aromatic rings. The molecule has 0 spiro atoms. The summed E-state index contributed by atoms with van der Waals surface area (Å²) in [7, 11) is 2.07. The molecule has 1 unspecified atom stereocenters. The first-order chi connectivity index (χ1) is 8.75. The minimum absolute atomic E-state index is 0.0771. The van der Waals surface area contributed by atoms with Gasteiger partial charge in [0.25, 0.3) is 0 Å². The highest BCUT2D eigenvalue weighted by molar-refractivity contribution is 7.89. The molecule has 0 radical (unpaired) electrons. The van der Waals surface area contributed by atoms with Gasteiger partial charge in [0, 0.05) is 26.2 Å². The third kappa shape index (κ3) is 2.35. The fourth-order valence-corrected chi connectivity index (χ4v) is 4.20. The predicted octanol–water partition coefficient (Wildman–Crippen LogP) is -0.365. The summed E-state index contributed by atoms with van der Waals surface area (Å²) in [6, 6.07) is 0.257. The maximum atomic E-state index is 12.6. The summed E-state index contributed by atoms with van der Waals surface area (Å²) in [4.78, 5) is 2.20. The van der Waals surface area contributed by atoms with E-state index in [0.29, 0.717) is 18.8 Å². The number of hydrogen-bond acceptors (Lipinski definition) is 5. The van der Waals surface area contributed by atoms with Crippen LogP contribution in [0.2, 0.25) is 0 Å². The van der Waals surface area contributed by atoms with E-state index in [1.54, 1.807) is 14.0 Å². The van der Waals surface area contributed by atoms with Gasteiger partial charge in [-0.25, -0.2) is 8.42 Å². The highest BCUT2D eigenvalue weighted by atomic mass is 32.2. The molecule has 0 aliphatic carbocycles. The summed E-state index contributed by atoms with van der Waals surface area (Å²) in [5.41, 5.74) is 6.32. The van der Waals surface area contributed by atoms with Gasteiger partial charge in [-0.3, -0.25) is 4.68 Å². The van der Waals surface area contributed by atoms with Gasteiger partial charge in [0.15, 0.2) is 5.82 Å². The first-order valence-corrected chi connectivity index (χ1v) is 7.64. The molecule has 1 aliphatic heterocycles. The number of aromatic nitrogens is 2. The topological polar surface area (TPSA) is 84.5 Å². The Kier molecular flexibility index (Phi) is 3.59. The van der Waals surface area contributed by atoms with Gasteiger partial charge in [0.2, 0.25) is 10.0 Å². The van der Waals surface area contributed by atoms with Crippen molar-refractivity contribution in [1.29, 1.82) is 0 Å². The Morgan fingerprint density at radius 3 is 2.47 bits per heavy atom. The highest BCUT2D eigenvalue weighted by Crippen LogP contribution is 2.28. The van der Waals surface area contributed by atoms with Crippen LogP contribution in [0.15, 0.2) is 4.90 Å². The van der Waals surface area contributed by atoms with Crippen LogP contribution in [-0.2, 0) is 17.1 Å². The zero-order valence-corrected chi connectivity index (χ0v) is 12.6. The number of aryl methyl sites for hydroxylation is 1. The monoisotopic (exact) mass is 287 g/mol. The van der Waals surface area contributed by atoms with Gasteiger partial charge >= 0.3 is 0 Å². The summed E-state index contributed by atoms with van der Waals surface area (Å²) in [5.74, 6) is 0.0771. The van der Waals surface area contributed by atoms with Crippen LogP contribution in [0.3, 0.4) is 0 Å². The molecule has 1 aliphatic rings. The SMILES string of the molecule is Cc1c(S(=O)(=O)N2CCC(N(C)C)C2)c(N)nn1C. The number of nitrogens with zero attached hydrogens (tertiary/aromatic N) is 4. The number of anilines is 1. The van der Waals surface area contributed by atoms with Crippen molar-refractivity contribution in [1.82, 2.24) is 19.0 Å². The molecule has 1 saturated heterocycles. The Labute approximate surface area is 114 Å². The maximum Gasteiger partial charge on any atom is 0.248 e. The van der Waals surface area contributed by atoms with Crippen LogP contribution in [0, 0.1) is 6.92 Å². The summed E-state index contributed by atoms with van der Waals surface area (Å²) in [6.45, 7) is 2.75. The van der Waals surface area contributed by atoms with Crippen molar-refractivity contribution in [2.75, 3.05) is 32.9 Å². The van der Waals surface area contributed by atoms with Gasteiger partial charge in [0.1, 0.15) is 4.90 Å². The normalized spacial score (nSPS) is 21.4. The molecule has 2 heterocycles. The largest absolute Gasteiger partial charge is 0.381 e. The second-order valence-electron chi connectivity index (χ2n) is 5.19. The minimum Gasteiger partial charge on any atom is -0.381 e. The summed E-state index contributed by atoms with van der Waals surface area (Å²) in [6.07, 6.45) is 0.839. The third-order valence-electron chi connectivity index (χ3n) is 3.76. The second kappa shape index (κ2) is 4.77. The quantitative estimate of drug-likeness (QED) is 0.820. The van der Waals surface area contributed by atoms with Crippen LogP contribution in [0.1, 0.15) is 12.1 Å². The molecule has 7 nitrogen and oxygen atoms in total. The Bertz CT molecular complexity index is 578. The number of nitrogens with two attached hydrogens (primary N) is 1. The molecular formula is C11H21N5O2S. The smallest absolute Gasteiger partial charge is 0.248 e. The predicted molar refractivity (Wildman–Crippen MR) is 73.2 cm³/mol. The molecule has 2 rings (SSSR count). The minimum atomic E-state index is -3.55. The molecule has 2 N–H and O–H groups in total.